The smallest absolute Gasteiger partial charge is 0.232 e. The first kappa shape index (κ1) is 12.2. The summed E-state index contributed by atoms with van der Waals surface area (Å²) in [5, 5.41) is 3.93. The minimum atomic E-state index is -0.542. The Morgan fingerprint density at radius 3 is 2.84 bits per heavy atom. The van der Waals surface area contributed by atoms with Crippen LogP contribution in [0.4, 0.5) is 0 Å². The Kier molecular flexibility index (Phi) is 3.00. The quantitative estimate of drug-likeness (QED) is 0.860. The van der Waals surface area contributed by atoms with Gasteiger partial charge in [-0.3, -0.25) is 4.79 Å². The third-order valence-corrected chi connectivity index (χ3v) is 3.63. The predicted octanol–water partition coefficient (Wildman–Crippen LogP) is 1.02. The number of nitrogens with one attached hydrogen (secondary N) is 1. The second-order valence-electron chi connectivity index (χ2n) is 4.92. The van der Waals surface area contributed by atoms with Crippen LogP contribution in [0, 0.1) is 5.41 Å². The van der Waals surface area contributed by atoms with Crippen molar-refractivity contribution in [3.8, 4) is 0 Å². The summed E-state index contributed by atoms with van der Waals surface area (Å²) < 4.78 is 10.5. The molecule has 0 unspecified atom stereocenters. The van der Waals surface area contributed by atoms with Crippen LogP contribution in [0.1, 0.15) is 5.56 Å². The van der Waals surface area contributed by atoms with Gasteiger partial charge in [-0.05, 0) is 6.07 Å². The molecule has 1 fully saturated rings. The number of carbonyl (C=O) groups excluding carboxylic acids is 1. The molecule has 5 nitrogen and oxygen atoms in total. The van der Waals surface area contributed by atoms with E-state index in [1.807, 2.05) is 24.3 Å². The van der Waals surface area contributed by atoms with E-state index in [0.717, 1.165) is 16.5 Å². The number of carbonyl (C=O) groups is 1. The van der Waals surface area contributed by atoms with Crippen LogP contribution in [0.5, 0.6) is 0 Å². The van der Waals surface area contributed by atoms with E-state index in [1.54, 1.807) is 6.26 Å². The maximum atomic E-state index is 12.1. The lowest BCUT2D eigenvalue weighted by Crippen LogP contribution is -2.58. The van der Waals surface area contributed by atoms with Gasteiger partial charge in [0.15, 0.2) is 0 Å². The molecule has 2 heterocycles. The molecule has 0 radical (unpaired) electrons. The molecule has 19 heavy (non-hydrogen) atoms. The number of amides is 1. The lowest BCUT2D eigenvalue weighted by molar-refractivity contribution is -0.159. The number of hydrogen-bond acceptors (Lipinski definition) is 4. The van der Waals surface area contributed by atoms with E-state index in [1.165, 1.54) is 0 Å². The van der Waals surface area contributed by atoms with E-state index in [4.69, 9.17) is 14.9 Å². The Hall–Kier alpha value is -1.85. The zero-order valence-corrected chi connectivity index (χ0v) is 10.5. The van der Waals surface area contributed by atoms with Gasteiger partial charge in [0.05, 0.1) is 19.5 Å². The zero-order chi connectivity index (χ0) is 13.3. The molecule has 0 atom stereocenters. The molecule has 1 aliphatic heterocycles. The van der Waals surface area contributed by atoms with Crippen LogP contribution >= 0.6 is 0 Å². The van der Waals surface area contributed by atoms with Gasteiger partial charge in [0.25, 0.3) is 0 Å². The fraction of sp³-hybridized carbons (Fsp3) is 0.357. The van der Waals surface area contributed by atoms with Crippen molar-refractivity contribution in [3.63, 3.8) is 0 Å². The van der Waals surface area contributed by atoms with E-state index >= 15 is 0 Å². The highest BCUT2D eigenvalue weighted by Crippen LogP contribution is 2.27. The molecule has 1 saturated heterocycles. The van der Waals surface area contributed by atoms with Gasteiger partial charge in [-0.15, -0.1) is 0 Å². The number of hydrogen-bond donors (Lipinski definition) is 2. The van der Waals surface area contributed by atoms with Gasteiger partial charge in [0.1, 0.15) is 11.0 Å². The summed E-state index contributed by atoms with van der Waals surface area (Å²) in [6.07, 6.45) is 1.68. The highest BCUT2D eigenvalue weighted by atomic mass is 16.5. The molecular formula is C14H16N2O3. The Morgan fingerprint density at radius 2 is 2.16 bits per heavy atom. The number of rotatable bonds is 4. The van der Waals surface area contributed by atoms with Crippen molar-refractivity contribution in [2.75, 3.05) is 19.8 Å². The van der Waals surface area contributed by atoms with Crippen molar-refractivity contribution >= 4 is 16.9 Å². The second kappa shape index (κ2) is 4.68. The molecular weight excluding hydrogens is 244 g/mol. The molecule has 1 amide bonds. The molecule has 2 aromatic rings. The minimum Gasteiger partial charge on any atom is -0.464 e. The Bertz CT molecular complexity index is 596. The zero-order valence-electron chi connectivity index (χ0n) is 10.5. The summed E-state index contributed by atoms with van der Waals surface area (Å²) in [7, 11) is 0. The van der Waals surface area contributed by atoms with Gasteiger partial charge in [-0.1, -0.05) is 18.2 Å². The normalized spacial score (nSPS) is 17.1. The summed E-state index contributed by atoms with van der Waals surface area (Å²) in [4.78, 5) is 12.1. The molecule has 0 saturated carbocycles. The molecule has 1 aromatic heterocycles. The SMILES string of the molecule is NCC1(C(=O)NCc2coc3ccccc23)COC1. The van der Waals surface area contributed by atoms with Gasteiger partial charge in [0.2, 0.25) is 5.91 Å². The molecule has 100 valence electrons. The molecule has 0 spiro atoms. The summed E-state index contributed by atoms with van der Waals surface area (Å²) in [5.41, 5.74) is 6.90. The summed E-state index contributed by atoms with van der Waals surface area (Å²) in [6.45, 7) is 1.56. The van der Waals surface area contributed by atoms with Gasteiger partial charge < -0.3 is 20.2 Å². The first-order chi connectivity index (χ1) is 9.25. The van der Waals surface area contributed by atoms with E-state index in [0.29, 0.717) is 26.3 Å². The monoisotopic (exact) mass is 260 g/mol. The number of nitrogens with two attached hydrogens (primary N) is 1. The van der Waals surface area contributed by atoms with Crippen LogP contribution in [0.25, 0.3) is 11.0 Å². The second-order valence-corrected chi connectivity index (χ2v) is 4.92. The van der Waals surface area contributed by atoms with E-state index in [2.05, 4.69) is 5.32 Å². The standard InChI is InChI=1S/C14H16N2O3/c15-7-14(8-18-9-14)13(17)16-5-10-6-19-12-4-2-1-3-11(10)12/h1-4,6H,5,7-9,15H2,(H,16,17). The van der Waals surface area contributed by atoms with Crippen LogP contribution in [0.3, 0.4) is 0 Å². The lowest BCUT2D eigenvalue weighted by atomic mass is 9.85. The van der Waals surface area contributed by atoms with Crippen LogP contribution in [0.15, 0.2) is 34.9 Å². The topological polar surface area (TPSA) is 77.5 Å². The van der Waals surface area contributed by atoms with Crippen molar-refractivity contribution in [1.82, 2.24) is 5.32 Å². The first-order valence-electron chi connectivity index (χ1n) is 6.26. The highest BCUT2D eigenvalue weighted by Gasteiger charge is 2.44. The van der Waals surface area contributed by atoms with Crippen LogP contribution in [0.2, 0.25) is 0 Å². The number of para-hydroxylation sites is 1. The molecule has 5 heteroatoms. The predicted molar refractivity (Wildman–Crippen MR) is 70.4 cm³/mol. The number of benzene rings is 1. The lowest BCUT2D eigenvalue weighted by Gasteiger charge is -2.38. The molecule has 1 aromatic carbocycles. The summed E-state index contributed by atoms with van der Waals surface area (Å²) in [5.74, 6) is -0.0495. The first-order valence-corrected chi connectivity index (χ1v) is 6.26. The number of ether oxygens (including phenoxy) is 1. The van der Waals surface area contributed by atoms with Crippen molar-refractivity contribution < 1.29 is 13.9 Å². The van der Waals surface area contributed by atoms with E-state index in [-0.39, 0.29) is 5.91 Å². The molecule has 3 rings (SSSR count). The fourth-order valence-corrected chi connectivity index (χ4v) is 2.22. The minimum absolute atomic E-state index is 0.0495. The third-order valence-electron chi connectivity index (χ3n) is 3.63. The van der Waals surface area contributed by atoms with Crippen LogP contribution in [-0.4, -0.2) is 25.7 Å². The van der Waals surface area contributed by atoms with Crippen LogP contribution < -0.4 is 11.1 Å². The maximum Gasteiger partial charge on any atom is 0.232 e. The average Bonchev–Trinajstić information content (AvgIpc) is 2.79. The third kappa shape index (κ3) is 2.01. The fourth-order valence-electron chi connectivity index (χ4n) is 2.22. The number of fused-ring (bicyclic) bond motifs is 1. The summed E-state index contributed by atoms with van der Waals surface area (Å²) >= 11 is 0. The van der Waals surface area contributed by atoms with Gasteiger partial charge in [0, 0.05) is 24.0 Å². The van der Waals surface area contributed by atoms with Crippen molar-refractivity contribution in [1.29, 1.82) is 0 Å². The highest BCUT2D eigenvalue weighted by molar-refractivity contribution is 5.85. The van der Waals surface area contributed by atoms with Gasteiger partial charge in [-0.2, -0.15) is 0 Å². The molecule has 0 aliphatic carbocycles. The van der Waals surface area contributed by atoms with Crippen LogP contribution in [-0.2, 0) is 16.1 Å². The van der Waals surface area contributed by atoms with Crippen molar-refractivity contribution in [2.24, 2.45) is 11.1 Å². The maximum absolute atomic E-state index is 12.1. The van der Waals surface area contributed by atoms with Gasteiger partial charge in [-0.25, -0.2) is 0 Å². The number of furan rings is 1. The molecule has 3 N–H and O–H groups in total. The van der Waals surface area contributed by atoms with E-state index in [9.17, 15) is 4.79 Å². The Balaban J connectivity index is 1.71. The molecule has 0 bridgehead atoms. The van der Waals surface area contributed by atoms with Gasteiger partial charge >= 0.3 is 0 Å². The molecule has 1 aliphatic rings. The summed E-state index contributed by atoms with van der Waals surface area (Å²) in [6, 6.07) is 7.75. The van der Waals surface area contributed by atoms with Crippen molar-refractivity contribution in [3.05, 3.63) is 36.1 Å². The Labute approximate surface area is 110 Å². The van der Waals surface area contributed by atoms with E-state index < -0.39 is 5.41 Å². The Morgan fingerprint density at radius 1 is 1.37 bits per heavy atom. The average molecular weight is 260 g/mol. The van der Waals surface area contributed by atoms with Crippen molar-refractivity contribution in [2.45, 2.75) is 6.54 Å². The largest absolute Gasteiger partial charge is 0.464 e.